The second-order valence-corrected chi connectivity index (χ2v) is 2.07. The predicted octanol–water partition coefficient (Wildman–Crippen LogP) is 1.16. The van der Waals surface area contributed by atoms with E-state index in [1.54, 1.807) is 12.1 Å². The first-order chi connectivity index (χ1) is 5.38. The zero-order valence-corrected chi connectivity index (χ0v) is 5.53. The average molecular weight is 149 g/mol. The van der Waals surface area contributed by atoms with E-state index in [2.05, 4.69) is 15.2 Å². The molecule has 1 aromatic heterocycles. The summed E-state index contributed by atoms with van der Waals surface area (Å²) in [5.41, 5.74) is 0.745. The molecule has 0 atom stereocenters. The summed E-state index contributed by atoms with van der Waals surface area (Å²) in [6, 6.07) is 4.59. The predicted molar refractivity (Wildman–Crippen MR) is 37.3 cm³/mol. The summed E-state index contributed by atoms with van der Waals surface area (Å²) in [7, 11) is 0. The van der Waals surface area contributed by atoms with E-state index in [0.717, 1.165) is 0 Å². The van der Waals surface area contributed by atoms with Crippen molar-refractivity contribution in [3.63, 3.8) is 0 Å². The maximum absolute atomic E-state index is 12.9. The lowest BCUT2D eigenvalue weighted by Crippen LogP contribution is -1.88. The highest BCUT2D eigenvalue weighted by atomic mass is 19.1. The number of hydrogen-bond donors (Lipinski definition) is 0. The number of halogens is 1. The molecule has 2 aromatic rings. The van der Waals surface area contributed by atoms with Gasteiger partial charge in [0.2, 0.25) is 0 Å². The fourth-order valence-corrected chi connectivity index (χ4v) is 0.884. The Morgan fingerprint density at radius 2 is 2.18 bits per heavy atom. The van der Waals surface area contributed by atoms with Gasteiger partial charge in [-0.25, -0.2) is 9.37 Å². The molecule has 0 amide bonds. The minimum Gasteiger partial charge on any atom is -0.230 e. The Morgan fingerprint density at radius 3 is 3.00 bits per heavy atom. The third kappa shape index (κ3) is 0.920. The van der Waals surface area contributed by atoms with E-state index in [4.69, 9.17) is 0 Å². The first kappa shape index (κ1) is 6.15. The fourth-order valence-electron chi connectivity index (χ4n) is 0.884. The van der Waals surface area contributed by atoms with E-state index in [1.807, 2.05) is 0 Å². The van der Waals surface area contributed by atoms with Crippen LogP contribution in [0.2, 0.25) is 0 Å². The zero-order chi connectivity index (χ0) is 7.68. The number of benzene rings is 1. The lowest BCUT2D eigenvalue weighted by Gasteiger charge is -1.92. The summed E-state index contributed by atoms with van der Waals surface area (Å²) in [6.45, 7) is 0. The Hall–Kier alpha value is -1.58. The van der Waals surface area contributed by atoms with E-state index in [0.29, 0.717) is 5.52 Å². The summed E-state index contributed by atoms with van der Waals surface area (Å²) in [5.74, 6) is -0.364. The molecule has 11 heavy (non-hydrogen) atoms. The Balaban J connectivity index is 2.91. The SMILES string of the molecule is Fc1cccc2nncnc12. The molecule has 0 radical (unpaired) electrons. The topological polar surface area (TPSA) is 38.7 Å². The number of rotatable bonds is 0. The summed E-state index contributed by atoms with van der Waals surface area (Å²) >= 11 is 0. The van der Waals surface area contributed by atoms with Gasteiger partial charge in [-0.15, -0.1) is 10.2 Å². The summed E-state index contributed by atoms with van der Waals surface area (Å²) in [4.78, 5) is 3.73. The van der Waals surface area contributed by atoms with Gasteiger partial charge in [0, 0.05) is 0 Å². The molecule has 0 bridgehead atoms. The minimum atomic E-state index is -0.364. The highest BCUT2D eigenvalue weighted by molar-refractivity contribution is 5.73. The third-order valence-electron chi connectivity index (χ3n) is 1.37. The zero-order valence-electron chi connectivity index (χ0n) is 5.53. The van der Waals surface area contributed by atoms with Gasteiger partial charge in [-0.2, -0.15) is 0 Å². The summed E-state index contributed by atoms with van der Waals surface area (Å²) < 4.78 is 12.9. The van der Waals surface area contributed by atoms with Crippen molar-refractivity contribution >= 4 is 11.0 Å². The first-order valence-corrected chi connectivity index (χ1v) is 3.10. The van der Waals surface area contributed by atoms with E-state index >= 15 is 0 Å². The molecule has 3 nitrogen and oxygen atoms in total. The van der Waals surface area contributed by atoms with Crippen LogP contribution in [-0.2, 0) is 0 Å². The molecule has 0 N–H and O–H groups in total. The molecule has 0 aliphatic carbocycles. The molecule has 4 heteroatoms. The van der Waals surface area contributed by atoms with Gasteiger partial charge in [0.1, 0.15) is 17.4 Å². The van der Waals surface area contributed by atoms with Crippen molar-refractivity contribution in [2.75, 3.05) is 0 Å². The van der Waals surface area contributed by atoms with Gasteiger partial charge in [-0.05, 0) is 12.1 Å². The Labute approximate surface area is 61.9 Å². The van der Waals surface area contributed by atoms with Gasteiger partial charge in [0.15, 0.2) is 5.82 Å². The molecule has 0 unspecified atom stereocenters. The van der Waals surface area contributed by atoms with Crippen molar-refractivity contribution < 1.29 is 4.39 Å². The Bertz CT molecular complexity index is 383. The molecule has 0 saturated carbocycles. The molecule has 0 saturated heterocycles. The number of hydrogen-bond acceptors (Lipinski definition) is 3. The van der Waals surface area contributed by atoms with Gasteiger partial charge >= 0.3 is 0 Å². The maximum Gasteiger partial charge on any atom is 0.151 e. The lowest BCUT2D eigenvalue weighted by molar-refractivity contribution is 0.635. The standard InChI is InChI=1S/C7H4FN3/c8-5-2-1-3-6-7(5)9-4-10-11-6/h1-4H. The van der Waals surface area contributed by atoms with Crippen LogP contribution in [0.1, 0.15) is 0 Å². The van der Waals surface area contributed by atoms with E-state index in [1.165, 1.54) is 12.4 Å². The normalized spacial score (nSPS) is 10.3. The van der Waals surface area contributed by atoms with Crippen LogP contribution in [0.25, 0.3) is 11.0 Å². The van der Waals surface area contributed by atoms with Crippen molar-refractivity contribution in [1.29, 1.82) is 0 Å². The highest BCUT2D eigenvalue weighted by Crippen LogP contribution is 2.09. The van der Waals surface area contributed by atoms with Gasteiger partial charge < -0.3 is 0 Å². The lowest BCUT2D eigenvalue weighted by atomic mass is 10.3. The van der Waals surface area contributed by atoms with Gasteiger partial charge in [-0.3, -0.25) is 0 Å². The monoisotopic (exact) mass is 149 g/mol. The van der Waals surface area contributed by atoms with E-state index < -0.39 is 0 Å². The Morgan fingerprint density at radius 1 is 1.27 bits per heavy atom. The maximum atomic E-state index is 12.9. The number of aromatic nitrogens is 3. The van der Waals surface area contributed by atoms with Crippen LogP contribution in [0.5, 0.6) is 0 Å². The summed E-state index contributed by atoms with van der Waals surface area (Å²) in [5, 5.41) is 7.22. The molecule has 0 fully saturated rings. The molecule has 2 rings (SSSR count). The smallest absolute Gasteiger partial charge is 0.151 e. The fraction of sp³-hybridized carbons (Fsp3) is 0. The minimum absolute atomic E-state index is 0.266. The Kier molecular flexibility index (Phi) is 1.25. The van der Waals surface area contributed by atoms with Crippen molar-refractivity contribution in [2.24, 2.45) is 0 Å². The van der Waals surface area contributed by atoms with Crippen LogP contribution in [-0.4, -0.2) is 15.2 Å². The second kappa shape index (κ2) is 2.23. The van der Waals surface area contributed by atoms with Gasteiger partial charge in [0.05, 0.1) is 0 Å². The molecule has 0 aliphatic heterocycles. The van der Waals surface area contributed by atoms with E-state index in [-0.39, 0.29) is 11.3 Å². The van der Waals surface area contributed by atoms with Crippen molar-refractivity contribution in [3.8, 4) is 0 Å². The van der Waals surface area contributed by atoms with Crippen molar-refractivity contribution in [2.45, 2.75) is 0 Å². The quantitative estimate of drug-likeness (QED) is 0.564. The van der Waals surface area contributed by atoms with Crippen LogP contribution >= 0.6 is 0 Å². The number of nitrogens with zero attached hydrogens (tertiary/aromatic N) is 3. The number of para-hydroxylation sites is 1. The van der Waals surface area contributed by atoms with Crippen LogP contribution < -0.4 is 0 Å². The molecule has 1 heterocycles. The molecule has 0 spiro atoms. The molecular formula is C7H4FN3. The second-order valence-electron chi connectivity index (χ2n) is 2.07. The molecule has 1 aromatic carbocycles. The largest absolute Gasteiger partial charge is 0.230 e. The first-order valence-electron chi connectivity index (χ1n) is 3.10. The molecular weight excluding hydrogens is 145 g/mol. The molecule has 54 valence electrons. The average Bonchev–Trinajstić information content (AvgIpc) is 2.06. The van der Waals surface area contributed by atoms with Crippen LogP contribution in [0, 0.1) is 5.82 Å². The molecule has 0 aliphatic rings. The van der Waals surface area contributed by atoms with Crippen molar-refractivity contribution in [1.82, 2.24) is 15.2 Å². The summed E-state index contributed by atoms with van der Waals surface area (Å²) in [6.07, 6.45) is 1.23. The van der Waals surface area contributed by atoms with E-state index in [9.17, 15) is 4.39 Å². The third-order valence-corrected chi connectivity index (χ3v) is 1.37. The van der Waals surface area contributed by atoms with Crippen LogP contribution in [0.3, 0.4) is 0 Å². The number of fused-ring (bicyclic) bond motifs is 1. The van der Waals surface area contributed by atoms with Crippen molar-refractivity contribution in [3.05, 3.63) is 30.3 Å². The highest BCUT2D eigenvalue weighted by Gasteiger charge is 1.99. The van der Waals surface area contributed by atoms with Crippen LogP contribution in [0.15, 0.2) is 24.5 Å². The van der Waals surface area contributed by atoms with Gasteiger partial charge in [-0.1, -0.05) is 6.07 Å². The van der Waals surface area contributed by atoms with Crippen LogP contribution in [0.4, 0.5) is 4.39 Å². The van der Waals surface area contributed by atoms with Gasteiger partial charge in [0.25, 0.3) is 0 Å².